The average Bonchev–Trinajstić information content (AvgIpc) is 2.79. The lowest BCUT2D eigenvalue weighted by Crippen LogP contribution is -2.37. The smallest absolute Gasteiger partial charge is 0.255 e. The Morgan fingerprint density at radius 3 is 2.84 bits per heavy atom. The third kappa shape index (κ3) is 3.15. The number of benzene rings is 1. The van der Waals surface area contributed by atoms with Crippen molar-refractivity contribution in [3.63, 3.8) is 0 Å². The quantitative estimate of drug-likeness (QED) is 0.905. The molecule has 102 valence electrons. The Hall–Kier alpha value is -1.36. The zero-order valence-corrected chi connectivity index (χ0v) is 12.7. The molecule has 0 saturated carbocycles. The zero-order chi connectivity index (χ0) is 14.0. The third-order valence-corrected chi connectivity index (χ3v) is 4.36. The van der Waals surface area contributed by atoms with E-state index in [0.717, 1.165) is 16.5 Å². The summed E-state index contributed by atoms with van der Waals surface area (Å²) in [6, 6.07) is 5.75. The van der Waals surface area contributed by atoms with Crippen LogP contribution in [0.3, 0.4) is 0 Å². The Bertz CT molecular complexity index is 516. The number of hydrogen-bond acceptors (Lipinski definition) is 2. The second kappa shape index (κ2) is 5.74. The lowest BCUT2D eigenvalue weighted by molar-refractivity contribution is -0.119. The number of rotatable bonds is 2. The fourth-order valence-corrected chi connectivity index (χ4v) is 2.77. The second-order valence-corrected chi connectivity index (χ2v) is 5.67. The fraction of sp³-hybridized carbons (Fsp3) is 0.429. The molecule has 2 rings (SSSR count). The summed E-state index contributed by atoms with van der Waals surface area (Å²) in [6.45, 7) is 4.73. The first-order valence-electron chi connectivity index (χ1n) is 6.30. The van der Waals surface area contributed by atoms with Gasteiger partial charge in [0.15, 0.2) is 0 Å². The maximum atomic E-state index is 12.4. The molecule has 0 aliphatic carbocycles. The molecule has 0 radical (unpaired) electrons. The van der Waals surface area contributed by atoms with Crippen LogP contribution in [0, 0.1) is 6.92 Å². The Labute approximate surface area is 121 Å². The van der Waals surface area contributed by atoms with Crippen molar-refractivity contribution >= 4 is 27.7 Å². The molecule has 1 aromatic rings. The van der Waals surface area contributed by atoms with Crippen molar-refractivity contribution in [2.24, 2.45) is 0 Å². The number of halogens is 1. The fourth-order valence-electron chi connectivity index (χ4n) is 2.33. The van der Waals surface area contributed by atoms with E-state index in [2.05, 4.69) is 21.2 Å². The number of carbonyl (C=O) groups is 2. The summed E-state index contributed by atoms with van der Waals surface area (Å²) in [5.41, 5.74) is 1.73. The summed E-state index contributed by atoms with van der Waals surface area (Å²) < 4.78 is 0.850. The largest absolute Gasteiger partial charge is 0.352 e. The van der Waals surface area contributed by atoms with Crippen LogP contribution in [0.15, 0.2) is 22.7 Å². The molecular formula is C14H17BrN2O2. The average molecular weight is 325 g/mol. The van der Waals surface area contributed by atoms with E-state index in [0.29, 0.717) is 18.7 Å². The highest BCUT2D eigenvalue weighted by Gasteiger charge is 2.28. The van der Waals surface area contributed by atoms with Gasteiger partial charge in [0.25, 0.3) is 5.91 Å². The first-order valence-corrected chi connectivity index (χ1v) is 7.10. The minimum atomic E-state index is -0.0453. The molecule has 1 aromatic carbocycles. The van der Waals surface area contributed by atoms with E-state index in [4.69, 9.17) is 0 Å². The standard InChI is InChI=1S/C14H17BrN2O2/c1-9-4-3-5-12(13(9)15)14(19)17-7-6-11(8-17)16-10(2)18/h3-5,11H,6-8H2,1-2H3,(H,16,18). The lowest BCUT2D eigenvalue weighted by Gasteiger charge is -2.18. The molecule has 19 heavy (non-hydrogen) atoms. The molecule has 1 fully saturated rings. The number of nitrogens with zero attached hydrogens (tertiary/aromatic N) is 1. The number of aryl methyl sites for hydroxylation is 1. The highest BCUT2D eigenvalue weighted by molar-refractivity contribution is 9.10. The molecule has 4 nitrogen and oxygen atoms in total. The van der Waals surface area contributed by atoms with Crippen molar-refractivity contribution < 1.29 is 9.59 Å². The van der Waals surface area contributed by atoms with Crippen molar-refractivity contribution in [2.45, 2.75) is 26.3 Å². The van der Waals surface area contributed by atoms with Gasteiger partial charge in [0.1, 0.15) is 0 Å². The first-order chi connectivity index (χ1) is 8.99. The van der Waals surface area contributed by atoms with Gasteiger partial charge in [-0.15, -0.1) is 0 Å². The van der Waals surface area contributed by atoms with E-state index < -0.39 is 0 Å². The van der Waals surface area contributed by atoms with E-state index in [9.17, 15) is 9.59 Å². The van der Waals surface area contributed by atoms with E-state index in [1.807, 2.05) is 25.1 Å². The summed E-state index contributed by atoms with van der Waals surface area (Å²) in [5.74, 6) is -0.0283. The summed E-state index contributed by atoms with van der Waals surface area (Å²) >= 11 is 3.47. The van der Waals surface area contributed by atoms with Crippen LogP contribution in [0.2, 0.25) is 0 Å². The van der Waals surface area contributed by atoms with Gasteiger partial charge < -0.3 is 10.2 Å². The van der Waals surface area contributed by atoms with Crippen LogP contribution in [0.4, 0.5) is 0 Å². The number of nitrogens with one attached hydrogen (secondary N) is 1. The number of carbonyl (C=O) groups excluding carboxylic acids is 2. The SMILES string of the molecule is CC(=O)NC1CCN(C(=O)c2cccc(C)c2Br)C1. The van der Waals surface area contributed by atoms with Crippen LogP contribution in [0.25, 0.3) is 0 Å². The zero-order valence-electron chi connectivity index (χ0n) is 11.1. The van der Waals surface area contributed by atoms with Crippen LogP contribution in [-0.4, -0.2) is 35.8 Å². The van der Waals surface area contributed by atoms with Gasteiger partial charge in [-0.3, -0.25) is 9.59 Å². The Balaban J connectivity index is 2.09. The Morgan fingerprint density at radius 1 is 1.42 bits per heavy atom. The monoisotopic (exact) mass is 324 g/mol. The number of hydrogen-bond donors (Lipinski definition) is 1. The first kappa shape index (κ1) is 14.1. The molecule has 1 saturated heterocycles. The topological polar surface area (TPSA) is 49.4 Å². The summed E-state index contributed by atoms with van der Waals surface area (Å²) in [5, 5.41) is 2.86. The molecule has 1 N–H and O–H groups in total. The highest BCUT2D eigenvalue weighted by Crippen LogP contribution is 2.24. The minimum Gasteiger partial charge on any atom is -0.352 e. The number of amides is 2. The maximum absolute atomic E-state index is 12.4. The van der Waals surface area contributed by atoms with Crippen molar-refractivity contribution in [1.29, 1.82) is 0 Å². The third-order valence-electron chi connectivity index (χ3n) is 3.31. The predicted molar refractivity (Wildman–Crippen MR) is 77.0 cm³/mol. The normalized spacial score (nSPS) is 18.5. The van der Waals surface area contributed by atoms with Crippen LogP contribution < -0.4 is 5.32 Å². The van der Waals surface area contributed by atoms with Crippen molar-refractivity contribution in [1.82, 2.24) is 10.2 Å². The maximum Gasteiger partial charge on any atom is 0.255 e. The van der Waals surface area contributed by atoms with Crippen molar-refractivity contribution in [2.75, 3.05) is 13.1 Å². The van der Waals surface area contributed by atoms with Crippen LogP contribution in [0.1, 0.15) is 29.3 Å². The van der Waals surface area contributed by atoms with E-state index in [-0.39, 0.29) is 17.9 Å². The van der Waals surface area contributed by atoms with Gasteiger partial charge in [0.2, 0.25) is 5.91 Å². The van der Waals surface area contributed by atoms with Gasteiger partial charge in [-0.25, -0.2) is 0 Å². The van der Waals surface area contributed by atoms with Gasteiger partial charge in [-0.2, -0.15) is 0 Å². The molecular weight excluding hydrogens is 308 g/mol. The number of likely N-dealkylation sites (tertiary alicyclic amines) is 1. The molecule has 1 aliphatic rings. The van der Waals surface area contributed by atoms with Crippen molar-refractivity contribution in [3.8, 4) is 0 Å². The van der Waals surface area contributed by atoms with E-state index in [1.54, 1.807) is 4.90 Å². The van der Waals surface area contributed by atoms with Gasteiger partial charge in [0, 0.05) is 30.5 Å². The van der Waals surface area contributed by atoms with Crippen molar-refractivity contribution in [3.05, 3.63) is 33.8 Å². The minimum absolute atomic E-state index is 0.0171. The van der Waals surface area contributed by atoms with Gasteiger partial charge >= 0.3 is 0 Å². The molecule has 1 heterocycles. The molecule has 1 aliphatic heterocycles. The lowest BCUT2D eigenvalue weighted by atomic mass is 10.1. The molecule has 5 heteroatoms. The Morgan fingerprint density at radius 2 is 2.16 bits per heavy atom. The summed E-state index contributed by atoms with van der Waals surface area (Å²) in [4.78, 5) is 25.2. The Kier molecular flexibility index (Phi) is 4.24. The molecule has 0 aromatic heterocycles. The van der Waals surface area contributed by atoms with Crippen LogP contribution in [0.5, 0.6) is 0 Å². The van der Waals surface area contributed by atoms with Crippen LogP contribution in [-0.2, 0) is 4.79 Å². The molecule has 0 spiro atoms. The van der Waals surface area contributed by atoms with Gasteiger partial charge in [-0.1, -0.05) is 12.1 Å². The summed E-state index contributed by atoms with van der Waals surface area (Å²) in [6.07, 6.45) is 0.814. The van der Waals surface area contributed by atoms with E-state index in [1.165, 1.54) is 6.92 Å². The second-order valence-electron chi connectivity index (χ2n) is 4.87. The molecule has 1 atom stereocenters. The van der Waals surface area contributed by atoms with Gasteiger partial charge in [0.05, 0.1) is 5.56 Å². The molecule has 0 bridgehead atoms. The molecule has 2 amide bonds. The highest BCUT2D eigenvalue weighted by atomic mass is 79.9. The van der Waals surface area contributed by atoms with Crippen LogP contribution >= 0.6 is 15.9 Å². The summed E-state index contributed by atoms with van der Waals surface area (Å²) in [7, 11) is 0. The van der Waals surface area contributed by atoms with E-state index >= 15 is 0 Å². The van der Waals surface area contributed by atoms with Gasteiger partial charge in [-0.05, 0) is 40.9 Å². The molecule has 1 unspecified atom stereocenters. The predicted octanol–water partition coefficient (Wildman–Crippen LogP) is 2.11.